The average Bonchev–Trinajstić information content (AvgIpc) is 2.67. The molecule has 174 valence electrons. The standard InChI is InChI=1S/C23H33N5O4/c1-22(2,3)30-15-13-23(4,5)31-14-12-20(29)32-18-9-7-6-8-16(18)27-28-17-10-11-19(24)26-21(17)25/h6-11H,12-15H2,1-5H3,(H4,24,25,26)/b28-27+. The number of para-hydroxylation sites is 1. The molecule has 2 aromatic rings. The Morgan fingerprint density at radius 2 is 1.62 bits per heavy atom. The highest BCUT2D eigenvalue weighted by Crippen LogP contribution is 2.30. The van der Waals surface area contributed by atoms with Gasteiger partial charge in [0.15, 0.2) is 11.6 Å². The van der Waals surface area contributed by atoms with E-state index in [0.29, 0.717) is 36.0 Å². The quantitative estimate of drug-likeness (QED) is 0.301. The van der Waals surface area contributed by atoms with Gasteiger partial charge in [-0.1, -0.05) is 12.1 Å². The molecule has 2 rings (SSSR count). The molecule has 0 radical (unpaired) electrons. The first-order chi connectivity index (χ1) is 15.0. The molecule has 0 fully saturated rings. The monoisotopic (exact) mass is 443 g/mol. The van der Waals surface area contributed by atoms with Crippen LogP contribution in [0.3, 0.4) is 0 Å². The smallest absolute Gasteiger partial charge is 0.313 e. The number of rotatable bonds is 10. The van der Waals surface area contributed by atoms with Gasteiger partial charge >= 0.3 is 5.97 Å². The summed E-state index contributed by atoms with van der Waals surface area (Å²) in [4.78, 5) is 16.3. The fourth-order valence-electron chi connectivity index (χ4n) is 2.56. The number of hydrogen-bond donors (Lipinski definition) is 2. The van der Waals surface area contributed by atoms with Crippen molar-refractivity contribution in [3.05, 3.63) is 36.4 Å². The maximum atomic E-state index is 12.3. The van der Waals surface area contributed by atoms with Crippen LogP contribution < -0.4 is 16.2 Å². The molecule has 0 aliphatic rings. The van der Waals surface area contributed by atoms with Gasteiger partial charge in [0.25, 0.3) is 0 Å². The summed E-state index contributed by atoms with van der Waals surface area (Å²) in [5.41, 5.74) is 11.5. The first-order valence-corrected chi connectivity index (χ1v) is 10.5. The van der Waals surface area contributed by atoms with E-state index in [1.807, 2.05) is 34.6 Å². The minimum absolute atomic E-state index is 0.101. The number of benzene rings is 1. The van der Waals surface area contributed by atoms with Crippen LogP contribution in [0.15, 0.2) is 46.6 Å². The number of ether oxygens (including phenoxy) is 3. The number of azo groups is 1. The second kappa shape index (κ2) is 11.0. The van der Waals surface area contributed by atoms with Crippen LogP contribution in [-0.2, 0) is 14.3 Å². The van der Waals surface area contributed by atoms with Gasteiger partial charge in [-0.05, 0) is 65.3 Å². The minimum Gasteiger partial charge on any atom is -0.424 e. The molecule has 0 amide bonds. The number of nitrogens with zero attached hydrogens (tertiary/aromatic N) is 3. The number of pyridine rings is 1. The van der Waals surface area contributed by atoms with Gasteiger partial charge in [0.1, 0.15) is 17.2 Å². The summed E-state index contributed by atoms with van der Waals surface area (Å²) in [7, 11) is 0. The maximum Gasteiger partial charge on any atom is 0.313 e. The number of esters is 1. The molecule has 0 saturated heterocycles. The van der Waals surface area contributed by atoms with Crippen LogP contribution in [0.1, 0.15) is 47.5 Å². The first kappa shape index (κ1) is 25.2. The molecule has 1 heterocycles. The highest BCUT2D eigenvalue weighted by atomic mass is 16.5. The van der Waals surface area contributed by atoms with Crippen LogP contribution in [-0.4, -0.2) is 35.4 Å². The first-order valence-electron chi connectivity index (χ1n) is 10.5. The number of nitrogens with two attached hydrogens (primary N) is 2. The maximum absolute atomic E-state index is 12.3. The highest BCUT2D eigenvalue weighted by molar-refractivity contribution is 5.74. The summed E-state index contributed by atoms with van der Waals surface area (Å²) in [5, 5.41) is 8.21. The number of aromatic nitrogens is 1. The minimum atomic E-state index is -0.428. The van der Waals surface area contributed by atoms with Crippen LogP contribution in [0.4, 0.5) is 23.0 Å². The Kier molecular flexibility index (Phi) is 8.68. The SMILES string of the molecule is CC(C)(C)OCCC(C)(C)OCCC(=O)Oc1ccccc1/N=N/c1ccc(N)nc1N. The highest BCUT2D eigenvalue weighted by Gasteiger charge is 2.21. The second-order valence-electron chi connectivity index (χ2n) is 8.85. The fraction of sp³-hybridized carbons (Fsp3) is 0.478. The average molecular weight is 444 g/mol. The van der Waals surface area contributed by atoms with Gasteiger partial charge in [-0.2, -0.15) is 0 Å². The Morgan fingerprint density at radius 1 is 0.938 bits per heavy atom. The number of hydrogen-bond acceptors (Lipinski definition) is 9. The third-order valence-corrected chi connectivity index (χ3v) is 4.32. The van der Waals surface area contributed by atoms with Crippen molar-refractivity contribution in [3.63, 3.8) is 0 Å². The van der Waals surface area contributed by atoms with Crippen molar-refractivity contribution in [2.75, 3.05) is 24.7 Å². The summed E-state index contributed by atoms with van der Waals surface area (Å²) in [6.07, 6.45) is 0.815. The Labute approximate surface area is 189 Å². The van der Waals surface area contributed by atoms with Crippen molar-refractivity contribution in [1.82, 2.24) is 4.98 Å². The Bertz CT molecular complexity index is 938. The van der Waals surface area contributed by atoms with Gasteiger partial charge in [0, 0.05) is 6.61 Å². The zero-order chi connectivity index (χ0) is 23.8. The molecule has 9 nitrogen and oxygen atoms in total. The molecule has 0 atom stereocenters. The largest absolute Gasteiger partial charge is 0.424 e. The zero-order valence-corrected chi connectivity index (χ0v) is 19.4. The molecule has 0 saturated carbocycles. The molecule has 4 N–H and O–H groups in total. The topological polar surface area (TPSA) is 134 Å². The van der Waals surface area contributed by atoms with Crippen LogP contribution in [0, 0.1) is 0 Å². The van der Waals surface area contributed by atoms with Crippen LogP contribution in [0.2, 0.25) is 0 Å². The Morgan fingerprint density at radius 3 is 2.31 bits per heavy atom. The van der Waals surface area contributed by atoms with E-state index < -0.39 is 11.6 Å². The van der Waals surface area contributed by atoms with E-state index in [2.05, 4.69) is 15.2 Å². The predicted molar refractivity (Wildman–Crippen MR) is 124 cm³/mol. The van der Waals surface area contributed by atoms with Crippen molar-refractivity contribution < 1.29 is 19.0 Å². The number of carbonyl (C=O) groups excluding carboxylic acids is 1. The Balaban J connectivity index is 1.89. The second-order valence-corrected chi connectivity index (χ2v) is 8.85. The summed E-state index contributed by atoms with van der Waals surface area (Å²) < 4.78 is 17.1. The van der Waals surface area contributed by atoms with E-state index in [-0.39, 0.29) is 24.4 Å². The van der Waals surface area contributed by atoms with Gasteiger partial charge in [-0.15, -0.1) is 10.2 Å². The molecular formula is C23H33N5O4. The van der Waals surface area contributed by atoms with Gasteiger partial charge in [-0.3, -0.25) is 4.79 Å². The lowest BCUT2D eigenvalue weighted by Crippen LogP contribution is -2.30. The lowest BCUT2D eigenvalue weighted by molar-refractivity contribution is -0.137. The number of anilines is 2. The molecule has 32 heavy (non-hydrogen) atoms. The molecule has 0 spiro atoms. The number of carbonyl (C=O) groups is 1. The molecule has 1 aromatic carbocycles. The van der Waals surface area contributed by atoms with Crippen LogP contribution in [0.25, 0.3) is 0 Å². The van der Waals surface area contributed by atoms with Crippen molar-refractivity contribution >= 4 is 29.0 Å². The van der Waals surface area contributed by atoms with E-state index >= 15 is 0 Å². The van der Waals surface area contributed by atoms with Crippen molar-refractivity contribution in [3.8, 4) is 5.75 Å². The van der Waals surface area contributed by atoms with E-state index in [1.54, 1.807) is 36.4 Å². The van der Waals surface area contributed by atoms with Gasteiger partial charge < -0.3 is 25.7 Å². The summed E-state index contributed by atoms with van der Waals surface area (Å²) in [5.74, 6) is 0.322. The van der Waals surface area contributed by atoms with Crippen molar-refractivity contribution in [2.45, 2.75) is 58.7 Å². The van der Waals surface area contributed by atoms with E-state index in [1.165, 1.54) is 0 Å². The predicted octanol–water partition coefficient (Wildman–Crippen LogP) is 4.96. The van der Waals surface area contributed by atoms with E-state index in [0.717, 1.165) is 0 Å². The Hall–Kier alpha value is -3.04. The molecule has 0 unspecified atom stereocenters. The van der Waals surface area contributed by atoms with Crippen LogP contribution in [0.5, 0.6) is 5.75 Å². The van der Waals surface area contributed by atoms with Gasteiger partial charge in [0.2, 0.25) is 0 Å². The summed E-state index contributed by atoms with van der Waals surface area (Å²) in [6.45, 7) is 10.8. The molecule has 9 heteroatoms. The third kappa shape index (κ3) is 8.99. The lowest BCUT2D eigenvalue weighted by Gasteiger charge is -2.27. The zero-order valence-electron chi connectivity index (χ0n) is 19.4. The molecular weight excluding hydrogens is 410 g/mol. The van der Waals surface area contributed by atoms with Crippen molar-refractivity contribution in [2.24, 2.45) is 10.2 Å². The molecule has 1 aromatic heterocycles. The lowest BCUT2D eigenvalue weighted by atomic mass is 10.1. The van der Waals surface area contributed by atoms with Gasteiger partial charge in [-0.25, -0.2) is 4.98 Å². The third-order valence-electron chi connectivity index (χ3n) is 4.32. The summed E-state index contributed by atoms with van der Waals surface area (Å²) in [6, 6.07) is 10.0. The molecule has 0 bridgehead atoms. The van der Waals surface area contributed by atoms with E-state index in [9.17, 15) is 4.79 Å². The fourth-order valence-corrected chi connectivity index (χ4v) is 2.56. The molecule has 0 aliphatic carbocycles. The number of nitrogen functional groups attached to an aromatic ring is 2. The van der Waals surface area contributed by atoms with E-state index in [4.69, 9.17) is 25.7 Å². The van der Waals surface area contributed by atoms with Crippen LogP contribution >= 0.6 is 0 Å². The summed E-state index contributed by atoms with van der Waals surface area (Å²) >= 11 is 0. The van der Waals surface area contributed by atoms with Gasteiger partial charge in [0.05, 0.1) is 24.2 Å². The van der Waals surface area contributed by atoms with Crippen molar-refractivity contribution in [1.29, 1.82) is 0 Å². The normalized spacial score (nSPS) is 12.3. The molecule has 0 aliphatic heterocycles.